The van der Waals surface area contributed by atoms with Crippen LogP contribution in [0.3, 0.4) is 0 Å². The molecule has 0 bridgehead atoms. The number of hydrogen-bond donors (Lipinski definition) is 1. The fourth-order valence-electron chi connectivity index (χ4n) is 3.25. The Labute approximate surface area is 132 Å². The summed E-state index contributed by atoms with van der Waals surface area (Å²) in [5.74, 6) is 1.07. The number of piperazine rings is 1. The van der Waals surface area contributed by atoms with Gasteiger partial charge < -0.3 is 14.8 Å². The molecule has 3 rings (SSSR count). The number of rotatable bonds is 4. The largest absolute Gasteiger partial charge is 0.331 e. The highest BCUT2D eigenvalue weighted by Crippen LogP contribution is 2.24. The van der Waals surface area contributed by atoms with Gasteiger partial charge in [-0.2, -0.15) is 0 Å². The van der Waals surface area contributed by atoms with E-state index in [9.17, 15) is 0 Å². The number of aromatic nitrogens is 2. The van der Waals surface area contributed by atoms with Crippen LogP contribution in [0.4, 0.5) is 0 Å². The molecule has 22 heavy (non-hydrogen) atoms. The zero-order valence-corrected chi connectivity index (χ0v) is 14.1. The Bertz CT molecular complexity index is 640. The Balaban J connectivity index is 1.87. The molecule has 1 N–H and O–H groups in total. The molecule has 0 amide bonds. The van der Waals surface area contributed by atoms with Crippen molar-refractivity contribution in [3.05, 3.63) is 29.6 Å². The average molecular weight is 301 g/mol. The van der Waals surface area contributed by atoms with Crippen molar-refractivity contribution in [1.29, 1.82) is 0 Å². The van der Waals surface area contributed by atoms with Gasteiger partial charge in [-0.15, -0.1) is 0 Å². The quantitative estimate of drug-likeness (QED) is 0.926. The number of aryl methyl sites for hydroxylation is 2. The van der Waals surface area contributed by atoms with Gasteiger partial charge >= 0.3 is 0 Å². The van der Waals surface area contributed by atoms with Crippen LogP contribution in [0, 0.1) is 6.92 Å². The molecule has 1 saturated heterocycles. The molecule has 1 fully saturated rings. The minimum Gasteiger partial charge on any atom is -0.331 e. The summed E-state index contributed by atoms with van der Waals surface area (Å²) in [7, 11) is 6.41. The van der Waals surface area contributed by atoms with Crippen LogP contribution in [-0.2, 0) is 7.05 Å². The zero-order valence-electron chi connectivity index (χ0n) is 14.1. The minimum atomic E-state index is 0.407. The van der Waals surface area contributed by atoms with Crippen LogP contribution < -0.4 is 5.32 Å². The van der Waals surface area contributed by atoms with E-state index in [1.54, 1.807) is 0 Å². The lowest BCUT2D eigenvalue weighted by Gasteiger charge is -2.34. The van der Waals surface area contributed by atoms with E-state index in [4.69, 9.17) is 0 Å². The van der Waals surface area contributed by atoms with E-state index >= 15 is 0 Å². The van der Waals surface area contributed by atoms with E-state index < -0.39 is 0 Å². The van der Waals surface area contributed by atoms with E-state index in [2.05, 4.69) is 70.9 Å². The monoisotopic (exact) mass is 301 g/mol. The fraction of sp³-hybridized carbons (Fsp3) is 0.588. The van der Waals surface area contributed by atoms with Gasteiger partial charge in [0.15, 0.2) is 0 Å². The summed E-state index contributed by atoms with van der Waals surface area (Å²) in [5.41, 5.74) is 3.67. The number of imidazole rings is 1. The molecule has 5 nitrogen and oxygen atoms in total. The number of benzene rings is 1. The highest BCUT2D eigenvalue weighted by atomic mass is 15.2. The molecular formula is C17H27N5. The molecule has 1 atom stereocenters. The van der Waals surface area contributed by atoms with Crippen molar-refractivity contribution >= 4 is 11.0 Å². The first-order chi connectivity index (χ1) is 10.6. The second-order valence-electron chi connectivity index (χ2n) is 6.50. The first kappa shape index (κ1) is 15.5. The molecule has 2 heterocycles. The summed E-state index contributed by atoms with van der Waals surface area (Å²) < 4.78 is 2.15. The van der Waals surface area contributed by atoms with Gasteiger partial charge in [-0.1, -0.05) is 6.07 Å². The van der Waals surface area contributed by atoms with Crippen molar-refractivity contribution in [3.63, 3.8) is 0 Å². The van der Waals surface area contributed by atoms with Crippen molar-refractivity contribution in [1.82, 2.24) is 24.7 Å². The second-order valence-corrected chi connectivity index (χ2v) is 6.50. The molecule has 1 aliphatic heterocycles. The predicted octanol–water partition coefficient (Wildman–Crippen LogP) is 1.39. The second kappa shape index (κ2) is 6.36. The highest BCUT2D eigenvalue weighted by Gasteiger charge is 2.20. The van der Waals surface area contributed by atoms with Gasteiger partial charge in [-0.3, -0.25) is 4.90 Å². The SMILES string of the molecule is Cc1nc2cc(C(CN3CCNCC3)N(C)C)ccc2n1C. The van der Waals surface area contributed by atoms with Crippen molar-refractivity contribution in [2.45, 2.75) is 13.0 Å². The summed E-state index contributed by atoms with van der Waals surface area (Å²) in [6.45, 7) is 7.59. The molecule has 120 valence electrons. The lowest BCUT2D eigenvalue weighted by molar-refractivity contribution is 0.168. The number of likely N-dealkylation sites (N-methyl/N-ethyl adjacent to an activating group) is 1. The standard InChI is InChI=1S/C17H27N5/c1-13-19-15-11-14(5-6-16(15)21(13)4)17(20(2)3)12-22-9-7-18-8-10-22/h5-6,11,17-18H,7-10,12H2,1-4H3. The van der Waals surface area contributed by atoms with Gasteiger partial charge in [0, 0.05) is 45.8 Å². The lowest BCUT2D eigenvalue weighted by Crippen LogP contribution is -2.46. The number of fused-ring (bicyclic) bond motifs is 1. The maximum Gasteiger partial charge on any atom is 0.106 e. The normalized spacial score (nSPS) is 18.2. The molecule has 5 heteroatoms. The van der Waals surface area contributed by atoms with Crippen LogP contribution in [0.5, 0.6) is 0 Å². The molecule has 1 unspecified atom stereocenters. The highest BCUT2D eigenvalue weighted by molar-refractivity contribution is 5.77. The van der Waals surface area contributed by atoms with E-state index in [-0.39, 0.29) is 0 Å². The van der Waals surface area contributed by atoms with Crippen LogP contribution in [-0.4, -0.2) is 66.2 Å². The molecule has 2 aromatic rings. The van der Waals surface area contributed by atoms with E-state index in [0.29, 0.717) is 6.04 Å². The molecular weight excluding hydrogens is 274 g/mol. The van der Waals surface area contributed by atoms with Crippen LogP contribution in [0.1, 0.15) is 17.4 Å². The van der Waals surface area contributed by atoms with Crippen molar-refractivity contribution < 1.29 is 0 Å². The van der Waals surface area contributed by atoms with Gasteiger partial charge in [0.05, 0.1) is 11.0 Å². The third-order valence-electron chi connectivity index (χ3n) is 4.78. The van der Waals surface area contributed by atoms with E-state index in [1.807, 2.05) is 0 Å². The molecule has 0 aliphatic carbocycles. The smallest absolute Gasteiger partial charge is 0.106 e. The van der Waals surface area contributed by atoms with Gasteiger partial charge in [0.1, 0.15) is 5.82 Å². The maximum atomic E-state index is 4.68. The summed E-state index contributed by atoms with van der Waals surface area (Å²) in [6, 6.07) is 7.13. The lowest BCUT2D eigenvalue weighted by atomic mass is 10.0. The third-order valence-corrected chi connectivity index (χ3v) is 4.78. The molecule has 1 aromatic carbocycles. The zero-order chi connectivity index (χ0) is 15.7. The van der Waals surface area contributed by atoms with Gasteiger partial charge in [0.2, 0.25) is 0 Å². The predicted molar refractivity (Wildman–Crippen MR) is 91.2 cm³/mol. The molecule has 0 radical (unpaired) electrons. The average Bonchev–Trinajstić information content (AvgIpc) is 2.80. The van der Waals surface area contributed by atoms with Crippen LogP contribution in [0.2, 0.25) is 0 Å². The van der Waals surface area contributed by atoms with Gasteiger partial charge in [0.25, 0.3) is 0 Å². The molecule has 0 spiro atoms. The third kappa shape index (κ3) is 3.02. The fourth-order valence-corrected chi connectivity index (χ4v) is 3.25. The topological polar surface area (TPSA) is 36.3 Å². The molecule has 1 aliphatic rings. The summed E-state index contributed by atoms with van der Waals surface area (Å²) in [5, 5.41) is 3.42. The summed E-state index contributed by atoms with van der Waals surface area (Å²) in [4.78, 5) is 9.55. The summed E-state index contributed by atoms with van der Waals surface area (Å²) >= 11 is 0. The van der Waals surface area contributed by atoms with Crippen molar-refractivity contribution in [3.8, 4) is 0 Å². The Morgan fingerprint density at radius 2 is 2.00 bits per heavy atom. The molecule has 1 aromatic heterocycles. The maximum absolute atomic E-state index is 4.68. The number of nitrogens with one attached hydrogen (secondary N) is 1. The van der Waals surface area contributed by atoms with E-state index in [0.717, 1.165) is 44.1 Å². The van der Waals surface area contributed by atoms with Gasteiger partial charge in [-0.05, 0) is 38.7 Å². The van der Waals surface area contributed by atoms with Crippen LogP contribution in [0.25, 0.3) is 11.0 Å². The Hall–Kier alpha value is -1.43. The summed E-state index contributed by atoms with van der Waals surface area (Å²) in [6.07, 6.45) is 0. The Morgan fingerprint density at radius 3 is 2.68 bits per heavy atom. The first-order valence-corrected chi connectivity index (χ1v) is 8.09. The molecule has 0 saturated carbocycles. The Morgan fingerprint density at radius 1 is 1.27 bits per heavy atom. The van der Waals surface area contributed by atoms with Crippen LogP contribution in [0.15, 0.2) is 18.2 Å². The first-order valence-electron chi connectivity index (χ1n) is 8.09. The Kier molecular flexibility index (Phi) is 4.47. The van der Waals surface area contributed by atoms with Crippen LogP contribution >= 0.6 is 0 Å². The number of nitrogens with zero attached hydrogens (tertiary/aromatic N) is 4. The minimum absolute atomic E-state index is 0.407. The van der Waals surface area contributed by atoms with E-state index in [1.165, 1.54) is 11.1 Å². The van der Waals surface area contributed by atoms with Crippen molar-refractivity contribution in [2.75, 3.05) is 46.8 Å². The van der Waals surface area contributed by atoms with Gasteiger partial charge in [-0.25, -0.2) is 4.98 Å². The van der Waals surface area contributed by atoms with Crippen molar-refractivity contribution in [2.24, 2.45) is 7.05 Å². The number of hydrogen-bond acceptors (Lipinski definition) is 4.